The van der Waals surface area contributed by atoms with Crippen LogP contribution >= 0.6 is 11.6 Å². The quantitative estimate of drug-likeness (QED) is 0.683. The Hall–Kier alpha value is -2.80. The first kappa shape index (κ1) is 19.5. The van der Waals surface area contributed by atoms with Crippen LogP contribution in [0.25, 0.3) is 11.1 Å². The number of fused-ring (bicyclic) bond motifs is 1. The molecular weight excluding hydrogens is 392 g/mol. The lowest BCUT2D eigenvalue weighted by molar-refractivity contribution is -0.120. The number of carbonyl (C=O) groups excluding carboxylic acids is 1. The smallest absolute Gasteiger partial charge is 0.231 e. The number of hydrogen-bond acceptors (Lipinski definition) is 6. The number of ether oxygens (including phenoxy) is 1. The van der Waals surface area contributed by atoms with Crippen molar-refractivity contribution in [1.29, 1.82) is 0 Å². The molecule has 29 heavy (non-hydrogen) atoms. The van der Waals surface area contributed by atoms with Crippen molar-refractivity contribution in [1.82, 2.24) is 9.97 Å². The van der Waals surface area contributed by atoms with Crippen molar-refractivity contribution in [3.8, 4) is 5.75 Å². The monoisotopic (exact) mass is 414 g/mol. The SMILES string of the molecule is COc1ccc(NC(=O)C2CCCN(c3ncnc4oc(C)c(C)c34)C2)cc1Cl. The highest BCUT2D eigenvalue weighted by Crippen LogP contribution is 2.33. The summed E-state index contributed by atoms with van der Waals surface area (Å²) in [5.41, 5.74) is 2.28. The predicted octanol–water partition coefficient (Wildman–Crippen LogP) is 4.36. The van der Waals surface area contributed by atoms with E-state index in [1.165, 1.54) is 6.33 Å². The second-order valence-corrected chi connectivity index (χ2v) is 7.69. The van der Waals surface area contributed by atoms with E-state index >= 15 is 0 Å². The normalized spacial score (nSPS) is 16.8. The highest BCUT2D eigenvalue weighted by Gasteiger charge is 2.29. The number of rotatable bonds is 4. The van der Waals surface area contributed by atoms with Gasteiger partial charge >= 0.3 is 0 Å². The van der Waals surface area contributed by atoms with Gasteiger partial charge in [0.15, 0.2) is 0 Å². The van der Waals surface area contributed by atoms with Crippen molar-refractivity contribution in [2.45, 2.75) is 26.7 Å². The molecule has 1 fully saturated rings. The molecule has 0 bridgehead atoms. The molecule has 4 rings (SSSR count). The third-order valence-corrected chi connectivity index (χ3v) is 5.75. The molecule has 2 aromatic heterocycles. The number of hydrogen-bond donors (Lipinski definition) is 1. The van der Waals surface area contributed by atoms with Crippen LogP contribution in [-0.4, -0.2) is 36.1 Å². The standard InChI is InChI=1S/C21H23ClN4O3/c1-12-13(2)29-21-18(12)19(23-11-24-21)26-8-4-5-14(10-26)20(27)25-15-6-7-17(28-3)16(22)9-15/h6-7,9,11,14H,4-5,8,10H2,1-3H3,(H,25,27). The summed E-state index contributed by atoms with van der Waals surface area (Å²) in [4.78, 5) is 23.8. The summed E-state index contributed by atoms with van der Waals surface area (Å²) in [5.74, 6) is 2.06. The van der Waals surface area contributed by atoms with Crippen molar-refractivity contribution in [2.75, 3.05) is 30.4 Å². The third kappa shape index (κ3) is 3.74. The fraction of sp³-hybridized carbons (Fsp3) is 0.381. The summed E-state index contributed by atoms with van der Waals surface area (Å²) >= 11 is 6.17. The van der Waals surface area contributed by atoms with E-state index in [1.54, 1.807) is 25.3 Å². The minimum absolute atomic E-state index is 0.0265. The molecule has 0 saturated carbocycles. The molecule has 0 aliphatic carbocycles. The number of nitrogens with zero attached hydrogens (tertiary/aromatic N) is 3. The second-order valence-electron chi connectivity index (χ2n) is 7.28. The van der Waals surface area contributed by atoms with E-state index in [4.69, 9.17) is 20.8 Å². The molecule has 1 atom stereocenters. The van der Waals surface area contributed by atoms with E-state index in [0.717, 1.165) is 41.9 Å². The molecule has 0 radical (unpaired) electrons. The van der Waals surface area contributed by atoms with E-state index in [0.29, 0.717) is 28.7 Å². The maximum Gasteiger partial charge on any atom is 0.231 e. The van der Waals surface area contributed by atoms with Crippen molar-refractivity contribution in [3.63, 3.8) is 0 Å². The van der Waals surface area contributed by atoms with Gasteiger partial charge in [-0.1, -0.05) is 11.6 Å². The number of amides is 1. The van der Waals surface area contributed by atoms with Crippen LogP contribution in [-0.2, 0) is 4.79 Å². The highest BCUT2D eigenvalue weighted by molar-refractivity contribution is 6.32. The fourth-order valence-electron chi connectivity index (χ4n) is 3.78. The Balaban J connectivity index is 1.53. The number of aromatic nitrogens is 2. The molecule has 1 saturated heterocycles. The minimum Gasteiger partial charge on any atom is -0.495 e. The topological polar surface area (TPSA) is 80.5 Å². The lowest BCUT2D eigenvalue weighted by atomic mass is 9.96. The molecule has 7 nitrogen and oxygen atoms in total. The van der Waals surface area contributed by atoms with E-state index < -0.39 is 0 Å². The molecule has 3 heterocycles. The number of methoxy groups -OCH3 is 1. The Morgan fingerprint density at radius 2 is 2.17 bits per heavy atom. The fourth-order valence-corrected chi connectivity index (χ4v) is 4.03. The number of furan rings is 1. The molecule has 1 aliphatic heterocycles. The van der Waals surface area contributed by atoms with Crippen LogP contribution in [0.1, 0.15) is 24.2 Å². The summed E-state index contributed by atoms with van der Waals surface area (Å²) in [6.45, 7) is 5.36. The number of halogens is 1. The second kappa shape index (κ2) is 7.91. The van der Waals surface area contributed by atoms with Crippen LogP contribution in [0.3, 0.4) is 0 Å². The molecule has 0 spiro atoms. The predicted molar refractivity (Wildman–Crippen MR) is 113 cm³/mol. The van der Waals surface area contributed by atoms with Gasteiger partial charge in [0, 0.05) is 24.3 Å². The highest BCUT2D eigenvalue weighted by atomic mass is 35.5. The zero-order chi connectivity index (χ0) is 20.5. The number of anilines is 2. The summed E-state index contributed by atoms with van der Waals surface area (Å²) in [7, 11) is 1.56. The van der Waals surface area contributed by atoms with Crippen LogP contribution in [0.5, 0.6) is 5.75 Å². The molecule has 1 unspecified atom stereocenters. The van der Waals surface area contributed by atoms with Crippen LogP contribution < -0.4 is 15.0 Å². The van der Waals surface area contributed by atoms with Crippen molar-refractivity contribution in [2.24, 2.45) is 5.92 Å². The Morgan fingerprint density at radius 1 is 1.34 bits per heavy atom. The summed E-state index contributed by atoms with van der Waals surface area (Å²) in [6, 6.07) is 5.23. The molecule has 8 heteroatoms. The molecule has 1 aliphatic rings. The summed E-state index contributed by atoms with van der Waals surface area (Å²) < 4.78 is 10.9. The Labute approximate surface area is 174 Å². The molecule has 1 N–H and O–H groups in total. The minimum atomic E-state index is -0.150. The van der Waals surface area contributed by atoms with Gasteiger partial charge in [-0.05, 0) is 44.9 Å². The van der Waals surface area contributed by atoms with Crippen LogP contribution in [0.2, 0.25) is 5.02 Å². The van der Waals surface area contributed by atoms with E-state index in [2.05, 4.69) is 20.2 Å². The van der Waals surface area contributed by atoms with Gasteiger partial charge < -0.3 is 19.4 Å². The Kier molecular flexibility index (Phi) is 5.32. The Bertz CT molecular complexity index is 1070. The van der Waals surface area contributed by atoms with Crippen molar-refractivity contribution >= 4 is 40.1 Å². The average molecular weight is 415 g/mol. The van der Waals surface area contributed by atoms with Gasteiger partial charge in [-0.2, -0.15) is 0 Å². The molecule has 3 aromatic rings. The lowest BCUT2D eigenvalue weighted by Crippen LogP contribution is -2.41. The van der Waals surface area contributed by atoms with Crippen LogP contribution in [0.4, 0.5) is 11.5 Å². The molecular formula is C21H23ClN4O3. The maximum absolute atomic E-state index is 12.9. The van der Waals surface area contributed by atoms with E-state index in [9.17, 15) is 4.79 Å². The Morgan fingerprint density at radius 3 is 2.93 bits per heavy atom. The average Bonchev–Trinajstić information content (AvgIpc) is 3.02. The number of piperidine rings is 1. The van der Waals surface area contributed by atoms with Crippen molar-refractivity contribution < 1.29 is 13.9 Å². The van der Waals surface area contributed by atoms with Crippen LogP contribution in [0, 0.1) is 19.8 Å². The number of nitrogens with one attached hydrogen (secondary N) is 1. The van der Waals surface area contributed by atoms with Gasteiger partial charge in [-0.3, -0.25) is 4.79 Å². The van der Waals surface area contributed by atoms with Crippen molar-refractivity contribution in [3.05, 3.63) is 40.9 Å². The molecule has 1 aromatic carbocycles. The van der Waals surface area contributed by atoms with Gasteiger partial charge in [0.1, 0.15) is 23.7 Å². The van der Waals surface area contributed by atoms with Gasteiger partial charge in [-0.25, -0.2) is 9.97 Å². The number of benzene rings is 1. The third-order valence-electron chi connectivity index (χ3n) is 5.46. The van der Waals surface area contributed by atoms with E-state index in [1.807, 2.05) is 13.8 Å². The van der Waals surface area contributed by atoms with Gasteiger partial charge in [0.2, 0.25) is 11.6 Å². The lowest BCUT2D eigenvalue weighted by Gasteiger charge is -2.33. The van der Waals surface area contributed by atoms with Gasteiger partial charge in [0.05, 0.1) is 23.4 Å². The van der Waals surface area contributed by atoms with Crippen LogP contribution in [0.15, 0.2) is 28.9 Å². The number of carbonyl (C=O) groups is 1. The van der Waals surface area contributed by atoms with E-state index in [-0.39, 0.29) is 11.8 Å². The first-order chi connectivity index (χ1) is 14.0. The van der Waals surface area contributed by atoms with Gasteiger partial charge in [-0.15, -0.1) is 0 Å². The number of aryl methyl sites for hydroxylation is 2. The first-order valence-electron chi connectivity index (χ1n) is 9.58. The molecule has 152 valence electrons. The summed E-state index contributed by atoms with van der Waals surface area (Å²) in [6.07, 6.45) is 3.25. The zero-order valence-corrected chi connectivity index (χ0v) is 17.4. The molecule has 1 amide bonds. The first-order valence-corrected chi connectivity index (χ1v) is 9.95. The zero-order valence-electron chi connectivity index (χ0n) is 16.7. The largest absolute Gasteiger partial charge is 0.495 e. The summed E-state index contributed by atoms with van der Waals surface area (Å²) in [5, 5.41) is 4.36. The van der Waals surface area contributed by atoms with Gasteiger partial charge in [0.25, 0.3) is 0 Å². The maximum atomic E-state index is 12.9.